The lowest BCUT2D eigenvalue weighted by Crippen LogP contribution is -2.40. The Bertz CT molecular complexity index is 853. The van der Waals surface area contributed by atoms with Crippen LogP contribution in [0.5, 0.6) is 11.5 Å². The largest absolute Gasteiger partial charge is 0.482 e. The average molecular weight is 404 g/mol. The van der Waals surface area contributed by atoms with E-state index in [1.165, 1.54) is 62.8 Å². The van der Waals surface area contributed by atoms with Crippen molar-refractivity contribution in [2.45, 2.75) is 5.79 Å². The molecule has 0 atom stereocenters. The van der Waals surface area contributed by atoms with Crippen molar-refractivity contribution in [1.82, 2.24) is 0 Å². The summed E-state index contributed by atoms with van der Waals surface area (Å²) < 4.78 is 21.0. The molecule has 2 aromatic rings. The maximum atomic E-state index is 13.1. The minimum Gasteiger partial charge on any atom is -0.482 e. The maximum Gasteiger partial charge on any atom is 0.341 e. The molecule has 2 rings (SSSR count). The molecule has 0 radical (unpaired) electrons. The third-order valence-electron chi connectivity index (χ3n) is 3.95. The van der Waals surface area contributed by atoms with Gasteiger partial charge in [0, 0.05) is 25.3 Å². The third kappa shape index (κ3) is 5.31. The van der Waals surface area contributed by atoms with E-state index in [-0.39, 0.29) is 5.56 Å². The molecule has 154 valence electrons. The van der Waals surface area contributed by atoms with Gasteiger partial charge in [-0.25, -0.2) is 9.59 Å². The number of hydrogen-bond acceptors (Lipinski definition) is 7. The summed E-state index contributed by atoms with van der Waals surface area (Å²) in [4.78, 5) is 34.3. The highest BCUT2D eigenvalue weighted by Crippen LogP contribution is 2.32. The van der Waals surface area contributed by atoms with Crippen molar-refractivity contribution in [3.05, 3.63) is 59.7 Å². The molecule has 0 spiro atoms. The van der Waals surface area contributed by atoms with Gasteiger partial charge in [-0.3, -0.25) is 4.79 Å². The van der Waals surface area contributed by atoms with Crippen LogP contribution in [0.15, 0.2) is 48.5 Å². The van der Waals surface area contributed by atoms with Gasteiger partial charge in [0.05, 0.1) is 0 Å². The standard InChI is InChI=1S/C20H20O9/c1-26-20(27-2,14-5-9-16(10-6-14)29-12-18(23)24)19(25)13-3-7-15(8-4-13)28-11-17(21)22/h3-10H,11-12H2,1-2H3,(H,21,22)(H,23,24). The molecule has 0 saturated heterocycles. The number of rotatable bonds is 11. The van der Waals surface area contributed by atoms with Crippen molar-refractivity contribution >= 4 is 17.7 Å². The molecule has 0 aliphatic carbocycles. The minimum absolute atomic E-state index is 0.252. The normalized spacial score (nSPS) is 11.0. The summed E-state index contributed by atoms with van der Waals surface area (Å²) in [5.41, 5.74) is 0.629. The van der Waals surface area contributed by atoms with Crippen molar-refractivity contribution in [3.63, 3.8) is 0 Å². The molecule has 0 aliphatic heterocycles. The molecular formula is C20H20O9. The quantitative estimate of drug-likeness (QED) is 0.426. The second-order valence-electron chi connectivity index (χ2n) is 5.77. The Morgan fingerprint density at radius 2 is 1.17 bits per heavy atom. The summed E-state index contributed by atoms with van der Waals surface area (Å²) in [6, 6.07) is 11.9. The van der Waals surface area contributed by atoms with Crippen LogP contribution in [0.2, 0.25) is 0 Å². The number of aliphatic carboxylic acids is 2. The first-order valence-electron chi connectivity index (χ1n) is 8.37. The van der Waals surface area contributed by atoms with Crippen LogP contribution in [0.3, 0.4) is 0 Å². The van der Waals surface area contributed by atoms with E-state index in [0.717, 1.165) is 0 Å². The average Bonchev–Trinajstić information content (AvgIpc) is 2.73. The highest BCUT2D eigenvalue weighted by molar-refractivity contribution is 6.02. The van der Waals surface area contributed by atoms with Crippen molar-refractivity contribution in [2.75, 3.05) is 27.4 Å². The van der Waals surface area contributed by atoms with E-state index >= 15 is 0 Å². The summed E-state index contributed by atoms with van der Waals surface area (Å²) in [5, 5.41) is 17.3. The Balaban J connectivity index is 2.25. The monoisotopic (exact) mass is 404 g/mol. The van der Waals surface area contributed by atoms with Gasteiger partial charge in [-0.1, -0.05) is 0 Å². The van der Waals surface area contributed by atoms with Crippen molar-refractivity contribution in [1.29, 1.82) is 0 Å². The van der Waals surface area contributed by atoms with E-state index in [0.29, 0.717) is 17.1 Å². The molecule has 0 bridgehead atoms. The number of ketones is 1. The van der Waals surface area contributed by atoms with E-state index in [4.69, 9.17) is 29.2 Å². The lowest BCUT2D eigenvalue weighted by molar-refractivity contribution is -0.176. The second-order valence-corrected chi connectivity index (χ2v) is 5.77. The summed E-state index contributed by atoms with van der Waals surface area (Å²) in [5.74, 6) is -3.85. The Hall–Kier alpha value is -3.43. The number of Topliss-reactive ketones (excluding diaryl/α,β-unsaturated/α-hetero) is 1. The fourth-order valence-electron chi connectivity index (χ4n) is 2.59. The smallest absolute Gasteiger partial charge is 0.341 e. The Morgan fingerprint density at radius 1 is 0.759 bits per heavy atom. The van der Waals surface area contributed by atoms with Crippen LogP contribution in [0.1, 0.15) is 15.9 Å². The van der Waals surface area contributed by atoms with Gasteiger partial charge in [0.2, 0.25) is 5.78 Å². The Morgan fingerprint density at radius 3 is 1.55 bits per heavy atom. The zero-order valence-corrected chi connectivity index (χ0v) is 15.8. The lowest BCUT2D eigenvalue weighted by Gasteiger charge is -2.30. The number of carboxylic acids is 2. The van der Waals surface area contributed by atoms with Crippen molar-refractivity contribution in [3.8, 4) is 11.5 Å². The molecule has 0 aromatic heterocycles. The lowest BCUT2D eigenvalue weighted by atomic mass is 9.95. The highest BCUT2D eigenvalue weighted by Gasteiger charge is 2.41. The van der Waals surface area contributed by atoms with Gasteiger partial charge in [-0.2, -0.15) is 0 Å². The SMILES string of the molecule is COC(OC)(C(=O)c1ccc(OCC(=O)O)cc1)c1ccc(OCC(=O)O)cc1. The van der Waals surface area contributed by atoms with Crippen LogP contribution >= 0.6 is 0 Å². The zero-order chi connectivity index (χ0) is 21.4. The third-order valence-corrected chi connectivity index (χ3v) is 3.95. The number of carbonyl (C=O) groups is 3. The number of ether oxygens (including phenoxy) is 4. The first-order chi connectivity index (χ1) is 13.8. The topological polar surface area (TPSA) is 129 Å². The van der Waals surface area contributed by atoms with Gasteiger partial charge in [-0.15, -0.1) is 0 Å². The minimum atomic E-state index is -1.74. The number of methoxy groups -OCH3 is 2. The van der Waals surface area contributed by atoms with Crippen molar-refractivity contribution in [2.24, 2.45) is 0 Å². The molecular weight excluding hydrogens is 384 g/mol. The van der Waals surface area contributed by atoms with Crippen LogP contribution in [0, 0.1) is 0 Å². The molecule has 0 amide bonds. The number of carbonyl (C=O) groups excluding carboxylic acids is 1. The molecule has 9 nitrogen and oxygen atoms in total. The molecule has 29 heavy (non-hydrogen) atoms. The zero-order valence-electron chi connectivity index (χ0n) is 15.8. The van der Waals surface area contributed by atoms with E-state index in [2.05, 4.69) is 0 Å². The maximum absolute atomic E-state index is 13.1. The summed E-state index contributed by atoms with van der Waals surface area (Å²) >= 11 is 0. The number of carboxylic acid groups (broad SMARTS) is 2. The first-order valence-corrected chi connectivity index (χ1v) is 8.37. The van der Waals surface area contributed by atoms with Crippen LogP contribution in [-0.4, -0.2) is 55.4 Å². The predicted octanol–water partition coefficient (Wildman–Crippen LogP) is 1.94. The van der Waals surface area contributed by atoms with Gasteiger partial charge in [-0.05, 0) is 48.5 Å². The van der Waals surface area contributed by atoms with Gasteiger partial charge < -0.3 is 29.2 Å². The van der Waals surface area contributed by atoms with E-state index in [9.17, 15) is 14.4 Å². The van der Waals surface area contributed by atoms with Gasteiger partial charge in [0.15, 0.2) is 13.2 Å². The summed E-state index contributed by atoms with van der Waals surface area (Å²) in [6.45, 7) is -0.988. The van der Waals surface area contributed by atoms with Crippen LogP contribution in [0.25, 0.3) is 0 Å². The van der Waals surface area contributed by atoms with Crippen LogP contribution < -0.4 is 9.47 Å². The van der Waals surface area contributed by atoms with Gasteiger partial charge in [0.25, 0.3) is 5.79 Å². The van der Waals surface area contributed by atoms with E-state index in [1.54, 1.807) is 0 Å². The highest BCUT2D eigenvalue weighted by atomic mass is 16.7. The molecule has 0 heterocycles. The fraction of sp³-hybridized carbons (Fsp3) is 0.250. The number of benzene rings is 2. The number of hydrogen-bond donors (Lipinski definition) is 2. The van der Waals surface area contributed by atoms with Gasteiger partial charge >= 0.3 is 11.9 Å². The summed E-state index contributed by atoms with van der Waals surface area (Å²) in [6.07, 6.45) is 0. The summed E-state index contributed by atoms with van der Waals surface area (Å²) in [7, 11) is 2.64. The molecule has 0 unspecified atom stereocenters. The Kier molecular flexibility index (Phi) is 7.29. The molecule has 2 N–H and O–H groups in total. The van der Waals surface area contributed by atoms with E-state index < -0.39 is 36.7 Å². The molecule has 9 heteroatoms. The Labute approximate surface area is 166 Å². The van der Waals surface area contributed by atoms with Crippen LogP contribution in [0.4, 0.5) is 0 Å². The molecule has 0 saturated carbocycles. The van der Waals surface area contributed by atoms with Crippen molar-refractivity contribution < 1.29 is 43.5 Å². The predicted molar refractivity (Wildman–Crippen MR) is 99.2 cm³/mol. The molecule has 2 aromatic carbocycles. The van der Waals surface area contributed by atoms with Crippen LogP contribution in [-0.2, 0) is 24.8 Å². The van der Waals surface area contributed by atoms with E-state index in [1.807, 2.05) is 0 Å². The fourth-order valence-corrected chi connectivity index (χ4v) is 2.59. The molecule has 0 aliphatic rings. The second kappa shape index (κ2) is 9.67. The van der Waals surface area contributed by atoms with Gasteiger partial charge in [0.1, 0.15) is 11.5 Å². The molecule has 0 fully saturated rings. The first kappa shape index (κ1) is 21.9.